The summed E-state index contributed by atoms with van der Waals surface area (Å²) in [5.41, 5.74) is 0.451. The molecular weight excluding hydrogens is 384 g/mol. The van der Waals surface area contributed by atoms with Crippen molar-refractivity contribution in [2.24, 2.45) is 0 Å². The molecule has 152 valence electrons. The van der Waals surface area contributed by atoms with E-state index in [-0.39, 0.29) is 54.6 Å². The number of hydrogen-bond donors (Lipinski definition) is 3. The zero-order chi connectivity index (χ0) is 21.0. The van der Waals surface area contributed by atoms with Crippen LogP contribution in [0.3, 0.4) is 0 Å². The fourth-order valence-electron chi connectivity index (χ4n) is 2.75. The lowest BCUT2D eigenvalue weighted by molar-refractivity contribution is -0.140. The summed E-state index contributed by atoms with van der Waals surface area (Å²) in [7, 11) is 0. The molecular formula is C20H18O9. The van der Waals surface area contributed by atoms with Crippen LogP contribution in [0.15, 0.2) is 40.8 Å². The van der Waals surface area contributed by atoms with Crippen LogP contribution in [0.1, 0.15) is 37.8 Å². The largest absolute Gasteiger partial charge is 0.504 e. The van der Waals surface area contributed by atoms with Crippen molar-refractivity contribution in [3.05, 3.63) is 64.6 Å². The lowest BCUT2D eigenvalue weighted by Crippen LogP contribution is -2.24. The average molecular weight is 402 g/mol. The first-order chi connectivity index (χ1) is 14.0. The molecule has 0 spiro atoms. The molecule has 9 nitrogen and oxygen atoms in total. The second-order valence-electron chi connectivity index (χ2n) is 6.11. The van der Waals surface area contributed by atoms with Crippen LogP contribution >= 0.6 is 0 Å². The number of aliphatic hydroxyl groups excluding tert-OH is 3. The van der Waals surface area contributed by atoms with Crippen LogP contribution in [0.4, 0.5) is 0 Å². The summed E-state index contributed by atoms with van der Waals surface area (Å²) in [4.78, 5) is 36.8. The number of esters is 1. The third-order valence-electron chi connectivity index (χ3n) is 4.19. The number of carbonyl (C=O) groups excluding carboxylic acids is 3. The summed E-state index contributed by atoms with van der Waals surface area (Å²) in [6, 6.07) is 7.49. The lowest BCUT2D eigenvalue weighted by atomic mass is 9.88. The monoisotopic (exact) mass is 402 g/mol. The number of furan rings is 1. The molecule has 0 amide bonds. The molecule has 3 rings (SSSR count). The van der Waals surface area contributed by atoms with E-state index in [1.54, 1.807) is 12.1 Å². The summed E-state index contributed by atoms with van der Waals surface area (Å²) in [6.07, 6.45) is -0.0339. The first-order valence-corrected chi connectivity index (χ1v) is 8.69. The van der Waals surface area contributed by atoms with Crippen molar-refractivity contribution in [2.45, 2.75) is 6.10 Å². The van der Waals surface area contributed by atoms with Crippen molar-refractivity contribution in [1.29, 1.82) is 0 Å². The van der Waals surface area contributed by atoms with Gasteiger partial charge in [-0.3, -0.25) is 9.59 Å². The molecule has 0 radical (unpaired) electrons. The Labute approximate surface area is 164 Å². The van der Waals surface area contributed by atoms with E-state index < -0.39 is 29.4 Å². The molecule has 1 aromatic heterocycles. The van der Waals surface area contributed by atoms with Crippen molar-refractivity contribution in [2.75, 3.05) is 26.4 Å². The number of rotatable bonds is 8. The molecule has 1 aromatic carbocycles. The second-order valence-corrected chi connectivity index (χ2v) is 6.11. The van der Waals surface area contributed by atoms with E-state index in [2.05, 4.69) is 0 Å². The Morgan fingerprint density at radius 3 is 2.34 bits per heavy atom. The first kappa shape index (κ1) is 20.5. The fraction of sp³-hybridized carbons (Fsp3) is 0.250. The lowest BCUT2D eigenvalue weighted by Gasteiger charge is -2.11. The number of hydrogen-bond acceptors (Lipinski definition) is 9. The van der Waals surface area contributed by atoms with Gasteiger partial charge in [0, 0.05) is 11.1 Å². The van der Waals surface area contributed by atoms with E-state index in [4.69, 9.17) is 24.1 Å². The van der Waals surface area contributed by atoms with Gasteiger partial charge in [-0.1, -0.05) is 24.3 Å². The Morgan fingerprint density at radius 1 is 1.03 bits per heavy atom. The van der Waals surface area contributed by atoms with Crippen LogP contribution in [0, 0.1) is 0 Å². The molecule has 0 fully saturated rings. The second kappa shape index (κ2) is 8.82. The molecule has 2 aromatic rings. The van der Waals surface area contributed by atoms with Crippen LogP contribution in [0.5, 0.6) is 0 Å². The molecule has 1 aliphatic rings. The van der Waals surface area contributed by atoms with Gasteiger partial charge < -0.3 is 29.2 Å². The molecule has 3 N–H and O–H groups in total. The maximum atomic E-state index is 12.5. The molecule has 29 heavy (non-hydrogen) atoms. The zero-order valence-corrected chi connectivity index (χ0v) is 15.2. The molecule has 0 saturated heterocycles. The molecule has 0 atom stereocenters. The Balaban J connectivity index is 1.68. The highest BCUT2D eigenvalue weighted by Crippen LogP contribution is 2.31. The van der Waals surface area contributed by atoms with E-state index in [9.17, 15) is 19.5 Å². The van der Waals surface area contributed by atoms with Gasteiger partial charge in [0.15, 0.2) is 23.1 Å². The van der Waals surface area contributed by atoms with E-state index in [0.29, 0.717) is 0 Å². The number of carbonyl (C=O) groups is 3. The summed E-state index contributed by atoms with van der Waals surface area (Å²) in [6.45, 7) is -1.01. The minimum atomic E-state index is -0.911. The maximum Gasteiger partial charge on any atom is 0.334 e. The van der Waals surface area contributed by atoms with E-state index in [1.807, 2.05) is 0 Å². The third-order valence-corrected chi connectivity index (χ3v) is 4.19. The summed E-state index contributed by atoms with van der Waals surface area (Å²) in [5, 5.41) is 27.8. The van der Waals surface area contributed by atoms with Crippen LogP contribution < -0.4 is 0 Å². The summed E-state index contributed by atoms with van der Waals surface area (Å²) >= 11 is 0. The summed E-state index contributed by atoms with van der Waals surface area (Å²) in [5.74, 6) is -2.86. The highest BCUT2D eigenvalue weighted by molar-refractivity contribution is 6.27. The van der Waals surface area contributed by atoms with E-state index >= 15 is 0 Å². The molecule has 0 saturated carbocycles. The Kier molecular flexibility index (Phi) is 6.23. The van der Waals surface area contributed by atoms with Crippen molar-refractivity contribution < 1.29 is 43.6 Å². The van der Waals surface area contributed by atoms with Crippen molar-refractivity contribution in [1.82, 2.24) is 0 Å². The van der Waals surface area contributed by atoms with Crippen molar-refractivity contribution >= 4 is 23.3 Å². The summed E-state index contributed by atoms with van der Waals surface area (Å²) < 4.78 is 15.2. The van der Waals surface area contributed by atoms with Crippen LogP contribution in [0.25, 0.3) is 5.76 Å². The Morgan fingerprint density at radius 2 is 1.69 bits per heavy atom. The van der Waals surface area contributed by atoms with Gasteiger partial charge in [-0.25, -0.2) is 4.79 Å². The van der Waals surface area contributed by atoms with E-state index in [0.717, 1.165) is 6.08 Å². The van der Waals surface area contributed by atoms with Crippen LogP contribution in [-0.2, 0) is 14.3 Å². The smallest absolute Gasteiger partial charge is 0.334 e. The van der Waals surface area contributed by atoms with Crippen LogP contribution in [-0.4, -0.2) is 65.4 Å². The van der Waals surface area contributed by atoms with Gasteiger partial charge in [0.1, 0.15) is 12.7 Å². The van der Waals surface area contributed by atoms with Crippen molar-refractivity contribution in [3.8, 4) is 0 Å². The highest BCUT2D eigenvalue weighted by atomic mass is 16.6. The SMILES string of the molecule is O=C(/C=C(\O)c1cc2c(o1)C(=O)c1ccccc1C2=O)OCCOC(CO)CO. The minimum Gasteiger partial charge on any atom is -0.504 e. The maximum absolute atomic E-state index is 12.5. The number of ether oxygens (including phenoxy) is 2. The van der Waals surface area contributed by atoms with Gasteiger partial charge >= 0.3 is 5.97 Å². The van der Waals surface area contributed by atoms with Crippen LogP contribution in [0.2, 0.25) is 0 Å². The van der Waals surface area contributed by atoms with Gasteiger partial charge in [0.25, 0.3) is 0 Å². The fourth-order valence-corrected chi connectivity index (χ4v) is 2.75. The number of ketones is 2. The zero-order valence-electron chi connectivity index (χ0n) is 15.2. The highest BCUT2D eigenvalue weighted by Gasteiger charge is 2.34. The average Bonchev–Trinajstić information content (AvgIpc) is 3.18. The van der Waals surface area contributed by atoms with Gasteiger partial charge in [-0.05, 0) is 6.07 Å². The predicted molar refractivity (Wildman–Crippen MR) is 97.5 cm³/mol. The topological polar surface area (TPSA) is 144 Å². The number of fused-ring (bicyclic) bond motifs is 2. The van der Waals surface area contributed by atoms with Gasteiger partial charge in [-0.2, -0.15) is 0 Å². The molecule has 0 aliphatic heterocycles. The normalized spacial score (nSPS) is 13.4. The van der Waals surface area contributed by atoms with Gasteiger partial charge in [0.2, 0.25) is 5.78 Å². The third kappa shape index (κ3) is 4.27. The van der Waals surface area contributed by atoms with E-state index in [1.165, 1.54) is 18.2 Å². The van der Waals surface area contributed by atoms with Crippen molar-refractivity contribution in [3.63, 3.8) is 0 Å². The minimum absolute atomic E-state index is 0.00414. The Hall–Kier alpha value is -3.27. The molecule has 0 unspecified atom stereocenters. The Bertz CT molecular complexity index is 914. The first-order valence-electron chi connectivity index (χ1n) is 8.69. The number of aliphatic hydroxyl groups is 3. The molecule has 0 bridgehead atoms. The molecule has 9 heteroatoms. The molecule has 1 aliphatic carbocycles. The predicted octanol–water partition coefficient (Wildman–Crippen LogP) is 0.867. The quantitative estimate of drug-likeness (QED) is 0.216. The van der Waals surface area contributed by atoms with Gasteiger partial charge in [0.05, 0.1) is 31.5 Å². The number of benzene rings is 1. The molecule has 1 heterocycles. The van der Waals surface area contributed by atoms with Gasteiger partial charge in [-0.15, -0.1) is 0 Å². The standard InChI is InChI=1S/C20H18O9/c21-9-11(10-22)27-5-6-28-17(24)8-15(23)16-7-14-18(25)12-3-1-2-4-13(12)19(26)20(14)29-16/h1-4,7-8,11,21-23H,5-6,9-10H2/b15-8-.